The van der Waals surface area contributed by atoms with Crippen LogP contribution in [0.1, 0.15) is 39.0 Å². The molecule has 1 saturated heterocycles. The summed E-state index contributed by atoms with van der Waals surface area (Å²) in [4.78, 5) is 13.5. The highest BCUT2D eigenvalue weighted by atomic mass is 35.5. The number of amides is 1. The minimum absolute atomic E-state index is 0.141. The summed E-state index contributed by atoms with van der Waals surface area (Å²) in [7, 11) is 0. The minimum atomic E-state index is -0.141. The number of nitrogens with zero attached hydrogens (tertiary/aromatic N) is 1. The molecule has 1 amide bonds. The van der Waals surface area contributed by atoms with Crippen LogP contribution in [0.15, 0.2) is 0 Å². The Morgan fingerprint density at radius 2 is 2.25 bits per heavy atom. The molecule has 0 N–H and O–H groups in total. The zero-order chi connectivity index (χ0) is 11.8. The smallest absolute Gasteiger partial charge is 0.409 e. The van der Waals surface area contributed by atoms with Crippen molar-refractivity contribution in [1.82, 2.24) is 4.90 Å². The molecule has 0 saturated carbocycles. The molecule has 1 unspecified atom stereocenters. The Labute approximate surface area is 103 Å². The molecular formula is C12H22ClNO2. The Morgan fingerprint density at radius 1 is 1.44 bits per heavy atom. The first-order chi connectivity index (χ1) is 7.74. The lowest BCUT2D eigenvalue weighted by Crippen LogP contribution is -2.39. The van der Waals surface area contributed by atoms with Crippen molar-refractivity contribution in [3.05, 3.63) is 0 Å². The molecule has 4 heteroatoms. The van der Waals surface area contributed by atoms with E-state index in [1.165, 1.54) is 6.42 Å². The molecule has 1 atom stereocenters. The van der Waals surface area contributed by atoms with Gasteiger partial charge in [0.2, 0.25) is 0 Å². The van der Waals surface area contributed by atoms with Gasteiger partial charge in [0.25, 0.3) is 0 Å². The molecule has 94 valence electrons. The van der Waals surface area contributed by atoms with Crippen LogP contribution in [-0.2, 0) is 4.74 Å². The SMILES string of the molecule is CC1CCCN(C(=O)OCCCCCCl)C1. The van der Waals surface area contributed by atoms with Gasteiger partial charge < -0.3 is 9.64 Å². The third-order valence-corrected chi connectivity index (χ3v) is 3.19. The van der Waals surface area contributed by atoms with Gasteiger partial charge in [-0.1, -0.05) is 6.92 Å². The summed E-state index contributed by atoms with van der Waals surface area (Å²) < 4.78 is 5.22. The minimum Gasteiger partial charge on any atom is -0.449 e. The topological polar surface area (TPSA) is 29.5 Å². The first kappa shape index (κ1) is 13.6. The molecule has 16 heavy (non-hydrogen) atoms. The van der Waals surface area contributed by atoms with E-state index in [-0.39, 0.29) is 6.09 Å². The molecule has 1 rings (SSSR count). The quantitative estimate of drug-likeness (QED) is 0.551. The van der Waals surface area contributed by atoms with Gasteiger partial charge in [0.15, 0.2) is 0 Å². The predicted octanol–water partition coefficient (Wildman–Crippen LogP) is 3.26. The zero-order valence-corrected chi connectivity index (χ0v) is 10.8. The molecule has 1 heterocycles. The number of likely N-dealkylation sites (tertiary alicyclic amines) is 1. The van der Waals surface area contributed by atoms with Gasteiger partial charge in [0.05, 0.1) is 6.61 Å². The van der Waals surface area contributed by atoms with E-state index in [1.807, 2.05) is 4.90 Å². The Kier molecular flexibility index (Phi) is 6.62. The second-order valence-corrected chi connectivity index (χ2v) is 4.94. The van der Waals surface area contributed by atoms with E-state index in [2.05, 4.69) is 6.92 Å². The number of hydrogen-bond acceptors (Lipinski definition) is 2. The number of hydrogen-bond donors (Lipinski definition) is 0. The van der Waals surface area contributed by atoms with Gasteiger partial charge in [0.1, 0.15) is 0 Å². The highest BCUT2D eigenvalue weighted by molar-refractivity contribution is 6.17. The van der Waals surface area contributed by atoms with Crippen LogP contribution in [0.4, 0.5) is 4.79 Å². The average molecular weight is 248 g/mol. The van der Waals surface area contributed by atoms with E-state index in [0.717, 1.165) is 38.8 Å². The second-order valence-electron chi connectivity index (χ2n) is 4.56. The van der Waals surface area contributed by atoms with Gasteiger partial charge in [-0.25, -0.2) is 4.79 Å². The summed E-state index contributed by atoms with van der Waals surface area (Å²) in [6.07, 6.45) is 5.13. The molecule has 1 fully saturated rings. The molecule has 0 bridgehead atoms. The van der Waals surface area contributed by atoms with Crippen LogP contribution in [0, 0.1) is 5.92 Å². The molecule has 0 aromatic carbocycles. The number of carbonyl (C=O) groups excluding carboxylic acids is 1. The first-order valence-electron chi connectivity index (χ1n) is 6.21. The van der Waals surface area contributed by atoms with Crippen molar-refractivity contribution in [1.29, 1.82) is 0 Å². The van der Waals surface area contributed by atoms with E-state index >= 15 is 0 Å². The van der Waals surface area contributed by atoms with Crippen LogP contribution in [0.3, 0.4) is 0 Å². The molecule has 1 aliphatic heterocycles. The third-order valence-electron chi connectivity index (χ3n) is 2.92. The second kappa shape index (κ2) is 7.77. The van der Waals surface area contributed by atoms with E-state index < -0.39 is 0 Å². The lowest BCUT2D eigenvalue weighted by molar-refractivity contribution is 0.0851. The van der Waals surface area contributed by atoms with Crippen LogP contribution >= 0.6 is 11.6 Å². The average Bonchev–Trinajstić information content (AvgIpc) is 2.28. The fourth-order valence-corrected chi connectivity index (χ4v) is 2.17. The molecule has 1 aliphatic rings. The largest absolute Gasteiger partial charge is 0.449 e. The summed E-state index contributed by atoms with van der Waals surface area (Å²) in [5.74, 6) is 1.30. The number of unbranched alkanes of at least 4 members (excludes halogenated alkanes) is 2. The van der Waals surface area contributed by atoms with Gasteiger partial charge in [0, 0.05) is 19.0 Å². The predicted molar refractivity (Wildman–Crippen MR) is 65.9 cm³/mol. The fourth-order valence-electron chi connectivity index (χ4n) is 1.98. The van der Waals surface area contributed by atoms with Crippen molar-refractivity contribution in [2.24, 2.45) is 5.92 Å². The van der Waals surface area contributed by atoms with Crippen molar-refractivity contribution in [3.63, 3.8) is 0 Å². The number of piperidine rings is 1. The number of rotatable bonds is 5. The number of halogens is 1. The van der Waals surface area contributed by atoms with E-state index in [1.54, 1.807) is 0 Å². The van der Waals surface area contributed by atoms with Crippen molar-refractivity contribution in [3.8, 4) is 0 Å². The van der Waals surface area contributed by atoms with Crippen LogP contribution in [0.2, 0.25) is 0 Å². The molecule has 0 aromatic rings. The van der Waals surface area contributed by atoms with E-state index in [0.29, 0.717) is 18.4 Å². The summed E-state index contributed by atoms with van der Waals surface area (Å²) in [5.41, 5.74) is 0. The van der Waals surface area contributed by atoms with Gasteiger partial charge >= 0.3 is 6.09 Å². The first-order valence-corrected chi connectivity index (χ1v) is 6.75. The Hall–Kier alpha value is -0.440. The van der Waals surface area contributed by atoms with Crippen LogP contribution < -0.4 is 0 Å². The molecule has 3 nitrogen and oxygen atoms in total. The van der Waals surface area contributed by atoms with Crippen molar-refractivity contribution < 1.29 is 9.53 Å². The van der Waals surface area contributed by atoms with Gasteiger partial charge in [-0.05, 0) is 38.0 Å². The van der Waals surface area contributed by atoms with Crippen LogP contribution in [-0.4, -0.2) is 36.6 Å². The maximum Gasteiger partial charge on any atom is 0.409 e. The monoisotopic (exact) mass is 247 g/mol. The molecule has 0 aromatic heterocycles. The van der Waals surface area contributed by atoms with Crippen molar-refractivity contribution in [2.45, 2.75) is 39.0 Å². The number of alkyl halides is 1. The van der Waals surface area contributed by atoms with E-state index in [4.69, 9.17) is 16.3 Å². The summed E-state index contributed by atoms with van der Waals surface area (Å²) in [5, 5.41) is 0. The van der Waals surface area contributed by atoms with Gasteiger partial charge in [-0.3, -0.25) is 0 Å². The molecule has 0 aliphatic carbocycles. The summed E-state index contributed by atoms with van der Waals surface area (Å²) >= 11 is 5.56. The zero-order valence-electron chi connectivity index (χ0n) is 10.1. The van der Waals surface area contributed by atoms with Crippen LogP contribution in [0.5, 0.6) is 0 Å². The maximum absolute atomic E-state index is 11.7. The summed E-state index contributed by atoms with van der Waals surface area (Å²) in [6.45, 7) is 4.41. The Morgan fingerprint density at radius 3 is 2.94 bits per heavy atom. The third kappa shape index (κ3) is 5.06. The molecular weight excluding hydrogens is 226 g/mol. The standard InChI is InChI=1S/C12H22ClNO2/c1-11-6-5-8-14(10-11)12(15)16-9-4-2-3-7-13/h11H,2-10H2,1H3. The van der Waals surface area contributed by atoms with Gasteiger partial charge in [-0.15, -0.1) is 11.6 Å². The lowest BCUT2D eigenvalue weighted by Gasteiger charge is -2.30. The van der Waals surface area contributed by atoms with Crippen LogP contribution in [0.25, 0.3) is 0 Å². The normalized spacial score (nSPS) is 20.9. The van der Waals surface area contributed by atoms with E-state index in [9.17, 15) is 4.79 Å². The fraction of sp³-hybridized carbons (Fsp3) is 0.917. The van der Waals surface area contributed by atoms with Gasteiger partial charge in [-0.2, -0.15) is 0 Å². The molecule has 0 spiro atoms. The highest BCUT2D eigenvalue weighted by Crippen LogP contribution is 2.16. The number of carbonyl (C=O) groups is 1. The summed E-state index contributed by atoms with van der Waals surface area (Å²) in [6, 6.07) is 0. The maximum atomic E-state index is 11.7. The van der Waals surface area contributed by atoms with Crippen molar-refractivity contribution >= 4 is 17.7 Å². The lowest BCUT2D eigenvalue weighted by atomic mass is 10.0. The Bertz CT molecular complexity index is 211. The Balaban J connectivity index is 2.09. The molecule has 0 radical (unpaired) electrons. The van der Waals surface area contributed by atoms with Crippen molar-refractivity contribution in [2.75, 3.05) is 25.6 Å². The number of ether oxygens (including phenoxy) is 1. The highest BCUT2D eigenvalue weighted by Gasteiger charge is 2.21.